The number of aromatic nitrogens is 1. The van der Waals surface area contributed by atoms with Gasteiger partial charge in [0.2, 0.25) is 24.9 Å². The Balaban J connectivity index is 0.000000176. The van der Waals surface area contributed by atoms with E-state index in [1.807, 2.05) is 82.3 Å². The van der Waals surface area contributed by atoms with E-state index in [-0.39, 0.29) is 73.5 Å². The average Bonchev–Trinajstić information content (AvgIpc) is 3.99. The van der Waals surface area contributed by atoms with Crippen molar-refractivity contribution < 1.29 is 78.6 Å². The minimum atomic E-state index is -1.75. The van der Waals surface area contributed by atoms with Gasteiger partial charge in [-0.15, -0.1) is 0 Å². The number of hydrogen-bond acceptors (Lipinski definition) is 15. The summed E-state index contributed by atoms with van der Waals surface area (Å²) in [6.07, 6.45) is 3.02. The molecule has 0 spiro atoms. The largest absolute Gasteiger partial charge is 0.504 e. The number of rotatable bonds is 6. The molecular weight excluding hydrogens is 959 g/mol. The van der Waals surface area contributed by atoms with E-state index in [4.69, 9.17) is 43.7 Å². The lowest BCUT2D eigenvalue weighted by molar-refractivity contribution is -0.284. The van der Waals surface area contributed by atoms with Gasteiger partial charge in [0, 0.05) is 30.1 Å². The van der Waals surface area contributed by atoms with Gasteiger partial charge in [0.15, 0.2) is 52.2 Å². The van der Waals surface area contributed by atoms with Crippen LogP contribution in [-0.4, -0.2) is 140 Å². The number of allylic oxidation sites excluding steroid dienone is 6. The molecule has 1 aromatic heterocycles. The first-order valence-electron chi connectivity index (χ1n) is 24.2. The number of aliphatic hydroxyl groups excluding tert-OH is 6. The fraction of sp³-hybridized carbons (Fsp3) is 0.473. The number of aliphatic carboxylic acids is 1. The first-order valence-corrected chi connectivity index (χ1v) is 24.2. The van der Waals surface area contributed by atoms with Gasteiger partial charge < -0.3 is 79.0 Å². The second-order valence-corrected chi connectivity index (χ2v) is 19.5. The molecule has 402 valence electrons. The quantitative estimate of drug-likeness (QED) is 0.126. The zero-order chi connectivity index (χ0) is 53.2. The third-order valence-corrected chi connectivity index (χ3v) is 14.4. The number of methoxy groups -OCH3 is 2. The maximum atomic E-state index is 13.1. The number of carbonyl (C=O) groups is 3. The molecule has 0 saturated carbocycles. The van der Waals surface area contributed by atoms with Crippen LogP contribution in [0, 0.1) is 35.5 Å². The number of aliphatic hydroxyl groups is 6. The van der Waals surface area contributed by atoms with Gasteiger partial charge in [-0.3, -0.25) is 9.59 Å². The smallest absolute Gasteiger partial charge is 0.335 e. The van der Waals surface area contributed by atoms with E-state index >= 15 is 0 Å². The van der Waals surface area contributed by atoms with Crippen LogP contribution in [-0.2, 0) is 39.8 Å². The summed E-state index contributed by atoms with van der Waals surface area (Å²) in [5, 5.41) is 66.9. The number of fused-ring (bicyclic) bond motifs is 5. The second kappa shape index (κ2) is 23.5. The fourth-order valence-electron chi connectivity index (χ4n) is 9.43. The average molecular weight is 1030 g/mol. The molecule has 0 radical (unpaired) electrons. The van der Waals surface area contributed by atoms with Gasteiger partial charge in [0.05, 0.1) is 26.8 Å². The van der Waals surface area contributed by atoms with Gasteiger partial charge in [-0.2, -0.15) is 0 Å². The number of carbonyl (C=O) groups excluding carboxylic acids is 2. The molecule has 74 heavy (non-hydrogen) atoms. The van der Waals surface area contributed by atoms with Crippen LogP contribution < -0.4 is 9.47 Å². The van der Waals surface area contributed by atoms with Crippen LogP contribution in [0.4, 0.5) is 0 Å². The van der Waals surface area contributed by atoms with E-state index in [1.54, 1.807) is 37.3 Å². The van der Waals surface area contributed by atoms with Crippen LogP contribution >= 0.6 is 0 Å². The van der Waals surface area contributed by atoms with E-state index in [9.17, 15) is 34.8 Å². The molecule has 13 atom stereocenters. The SMILES string of the molecule is C.CC1C=C(O)C(O)=CC1C.CN1CC(=O)N2[C@H](c3ccc4c(c3)OCO4)c3[nH]c4ccccc4c3C[C@@H]2C1=O.COC1=CC(C)C(C)C=C1O.COC1=CC(C)C(C)C=C1O[C@@H]1O[C@H](C(=O)O)[C@@H](O)[C@H](O)[C@H]1O. The molecule has 8 N–H and O–H groups in total. The van der Waals surface area contributed by atoms with E-state index in [0.29, 0.717) is 53.1 Å². The Morgan fingerprint density at radius 1 is 0.703 bits per heavy atom. The van der Waals surface area contributed by atoms with Crippen molar-refractivity contribution in [3.8, 4) is 11.5 Å². The standard InChI is InChI=1S/C22H19N3O4.C15H22O8.C9H14O2.C8H12O2.CH4/c1-24-10-19(26)25-16(22(24)27)9-14-13-4-2-3-5-15(13)23-20(14)21(25)12-6-7-17-18(8-12)29-11-28-17;1-6-4-8(21-3)9(5-7(6)2)22-15-12(18)10(16)11(17)13(23-15)14(19)20;1-6-4-8(10)9(11-3)5-7(6)2;1-5-3-7(9)8(10)4-6(5)2;/h2-8,16,21,23H,9-11H2,1H3;4-7,10-13,15-18H,1-3H3,(H,19,20);4-7,10H,1-3H3;3-6,9-10H,1-2H3;1H4/t16-,21-;6?,7?,10-,11-,12+,13-,15+;;;/m10.../s1. The molecule has 5 heterocycles. The first-order chi connectivity index (χ1) is 34.6. The van der Waals surface area contributed by atoms with Crippen LogP contribution in [0.2, 0.25) is 0 Å². The van der Waals surface area contributed by atoms with Crippen molar-refractivity contribution >= 4 is 28.7 Å². The maximum Gasteiger partial charge on any atom is 0.335 e. The fourth-order valence-corrected chi connectivity index (χ4v) is 9.43. The van der Waals surface area contributed by atoms with Crippen LogP contribution in [0.15, 0.2) is 113 Å². The van der Waals surface area contributed by atoms with Gasteiger partial charge in [-0.25, -0.2) is 4.79 Å². The van der Waals surface area contributed by atoms with Crippen molar-refractivity contribution in [1.82, 2.24) is 14.8 Å². The minimum Gasteiger partial charge on any atom is -0.504 e. The first kappa shape index (κ1) is 56.4. The minimum absolute atomic E-state index is 0. The van der Waals surface area contributed by atoms with Crippen molar-refractivity contribution in [2.75, 3.05) is 34.6 Å². The summed E-state index contributed by atoms with van der Waals surface area (Å²) in [4.78, 5) is 44.0. The third-order valence-electron chi connectivity index (χ3n) is 14.4. The number of nitrogens with one attached hydrogen (secondary N) is 1. The molecule has 2 saturated heterocycles. The number of H-pyrrole nitrogens is 1. The van der Waals surface area contributed by atoms with E-state index in [2.05, 4.69) is 24.9 Å². The maximum absolute atomic E-state index is 13.1. The van der Waals surface area contributed by atoms with E-state index in [0.717, 1.165) is 27.7 Å². The van der Waals surface area contributed by atoms with Crippen molar-refractivity contribution in [3.05, 3.63) is 130 Å². The predicted octanol–water partition coefficient (Wildman–Crippen LogP) is 6.84. The number of aromatic amines is 1. The topological polar surface area (TPSA) is 270 Å². The van der Waals surface area contributed by atoms with Gasteiger partial charge in [-0.1, -0.05) is 73.2 Å². The lowest BCUT2D eigenvalue weighted by Crippen LogP contribution is -2.62. The molecule has 3 aromatic rings. The third kappa shape index (κ3) is 11.7. The summed E-state index contributed by atoms with van der Waals surface area (Å²) in [6.45, 7) is 12.4. The second-order valence-electron chi connectivity index (χ2n) is 19.5. The Labute approximate surface area is 430 Å². The zero-order valence-electron chi connectivity index (χ0n) is 42.3. The van der Waals surface area contributed by atoms with Crippen molar-refractivity contribution in [3.63, 3.8) is 0 Å². The van der Waals surface area contributed by atoms with Crippen LogP contribution in [0.3, 0.4) is 0 Å². The number of carboxylic acids is 1. The monoisotopic (exact) mass is 1030 g/mol. The lowest BCUT2D eigenvalue weighted by Gasteiger charge is -2.46. The summed E-state index contributed by atoms with van der Waals surface area (Å²) in [7, 11) is 4.72. The Morgan fingerprint density at radius 3 is 1.86 bits per heavy atom. The highest BCUT2D eigenvalue weighted by Crippen LogP contribution is 2.45. The van der Waals surface area contributed by atoms with Gasteiger partial charge >= 0.3 is 5.97 Å². The van der Waals surface area contributed by atoms with Gasteiger partial charge in [0.1, 0.15) is 24.4 Å². The molecule has 2 aromatic carbocycles. The molecular formula is C55H71N3O16. The van der Waals surface area contributed by atoms with Gasteiger partial charge in [-0.05, 0) is 101 Å². The molecule has 2 amide bonds. The summed E-state index contributed by atoms with van der Waals surface area (Å²) in [6, 6.07) is 12.9. The summed E-state index contributed by atoms with van der Waals surface area (Å²) >= 11 is 0. The van der Waals surface area contributed by atoms with E-state index < -0.39 is 42.7 Å². The predicted molar refractivity (Wildman–Crippen MR) is 272 cm³/mol. The zero-order valence-corrected chi connectivity index (χ0v) is 42.3. The van der Waals surface area contributed by atoms with Crippen molar-refractivity contribution in [1.29, 1.82) is 0 Å². The molecule has 0 bridgehead atoms. The molecule has 4 aliphatic heterocycles. The molecule has 3 aliphatic carbocycles. The molecule has 19 heteroatoms. The Morgan fingerprint density at radius 2 is 1.26 bits per heavy atom. The highest BCUT2D eigenvalue weighted by Gasteiger charge is 2.49. The summed E-state index contributed by atoms with van der Waals surface area (Å²) in [5.74, 6) is 3.23. The normalized spacial score (nSPS) is 30.7. The Bertz CT molecular complexity index is 2720. The van der Waals surface area contributed by atoms with Gasteiger partial charge in [0.25, 0.3) is 0 Å². The van der Waals surface area contributed by atoms with Crippen LogP contribution in [0.5, 0.6) is 11.5 Å². The highest BCUT2D eigenvalue weighted by atomic mass is 16.7. The number of carboxylic acid groups (broad SMARTS) is 1. The summed E-state index contributed by atoms with van der Waals surface area (Å²) in [5.41, 5.74) is 3.97. The molecule has 10 rings (SSSR count). The summed E-state index contributed by atoms with van der Waals surface area (Å²) < 4.78 is 31.8. The number of benzene rings is 2. The van der Waals surface area contributed by atoms with E-state index in [1.165, 1.54) is 12.0 Å². The van der Waals surface area contributed by atoms with Crippen LogP contribution in [0.1, 0.15) is 71.8 Å². The Hall–Kier alpha value is -6.93. The highest BCUT2D eigenvalue weighted by molar-refractivity contribution is 5.97. The van der Waals surface area contributed by atoms with Crippen molar-refractivity contribution in [2.45, 2.75) is 98.2 Å². The molecule has 6 unspecified atom stereocenters. The number of likely N-dealkylation sites (N-methyl/N-ethyl adjacent to an activating group) is 1. The number of piperazine rings is 1. The number of amides is 2. The number of hydrogen-bond donors (Lipinski definition) is 8. The molecule has 7 aliphatic rings. The number of ether oxygens (including phenoxy) is 6. The van der Waals surface area contributed by atoms with Crippen LogP contribution in [0.25, 0.3) is 10.9 Å². The number of para-hydroxylation sites is 1. The number of nitrogens with zero attached hydrogens (tertiary/aromatic N) is 2. The Kier molecular flexibility index (Phi) is 17.9. The molecule has 2 fully saturated rings. The lowest BCUT2D eigenvalue weighted by atomic mass is 9.86. The van der Waals surface area contributed by atoms with Crippen molar-refractivity contribution in [2.24, 2.45) is 35.5 Å². The molecule has 19 nitrogen and oxygen atoms in total.